The third-order valence-electron chi connectivity index (χ3n) is 4.13. The van der Waals surface area contributed by atoms with E-state index in [9.17, 15) is 20.0 Å². The molecule has 2 atom stereocenters. The zero-order valence-corrected chi connectivity index (χ0v) is 12.9. The Morgan fingerprint density at radius 1 is 1.33 bits per heavy atom. The fourth-order valence-electron chi connectivity index (χ4n) is 2.97. The molecule has 0 aromatic heterocycles. The molecule has 0 aliphatic heterocycles. The van der Waals surface area contributed by atoms with E-state index < -0.39 is 23.0 Å². The summed E-state index contributed by atoms with van der Waals surface area (Å²) in [6.07, 6.45) is -0.142. The van der Waals surface area contributed by atoms with Gasteiger partial charge in [-0.1, -0.05) is 24.3 Å². The van der Waals surface area contributed by atoms with Crippen molar-refractivity contribution in [1.82, 2.24) is 0 Å². The van der Waals surface area contributed by atoms with E-state index in [0.29, 0.717) is 12.1 Å². The Kier molecular flexibility index (Phi) is 4.18. The van der Waals surface area contributed by atoms with Gasteiger partial charge in [-0.05, 0) is 17.2 Å². The van der Waals surface area contributed by atoms with Crippen molar-refractivity contribution < 1.29 is 19.6 Å². The fraction of sp³-hybridized carbons (Fsp3) is 0.235. The molecule has 0 radical (unpaired) electrons. The van der Waals surface area contributed by atoms with Crippen LogP contribution in [0.1, 0.15) is 27.5 Å². The summed E-state index contributed by atoms with van der Waals surface area (Å²) in [4.78, 5) is 22.3. The highest BCUT2D eigenvalue weighted by atomic mass is 16.6. The van der Waals surface area contributed by atoms with Crippen LogP contribution in [0.5, 0.6) is 0 Å². The first-order chi connectivity index (χ1) is 11.5. The van der Waals surface area contributed by atoms with Crippen LogP contribution in [0.2, 0.25) is 0 Å². The number of nitrogens with zero attached hydrogens (tertiary/aromatic N) is 1. The van der Waals surface area contributed by atoms with Crippen molar-refractivity contribution in [2.24, 2.45) is 0 Å². The van der Waals surface area contributed by atoms with Gasteiger partial charge in [-0.25, -0.2) is 4.79 Å². The van der Waals surface area contributed by atoms with Gasteiger partial charge in [0.2, 0.25) is 0 Å². The molecule has 3 rings (SSSR count). The Hall–Kier alpha value is -2.93. The standard InChI is InChI=1S/C17H16N2O5/c1-24-17(21)13-9-11(19(22)23)6-7-14(13)18-16-12-5-3-2-4-10(12)8-15(16)20/h2-7,9,15-16,18,20H,8H2,1H3/t15-,16+/m0/s1. The molecule has 2 aromatic carbocycles. The van der Waals surface area contributed by atoms with Gasteiger partial charge in [0.05, 0.1) is 29.7 Å². The minimum Gasteiger partial charge on any atom is -0.465 e. The summed E-state index contributed by atoms with van der Waals surface area (Å²) in [5, 5.41) is 24.4. The lowest BCUT2D eigenvalue weighted by atomic mass is 10.1. The molecule has 0 amide bonds. The summed E-state index contributed by atoms with van der Waals surface area (Å²) >= 11 is 0. The van der Waals surface area contributed by atoms with E-state index in [1.54, 1.807) is 0 Å². The van der Waals surface area contributed by atoms with E-state index in [-0.39, 0.29) is 11.3 Å². The van der Waals surface area contributed by atoms with Crippen molar-refractivity contribution in [1.29, 1.82) is 0 Å². The molecule has 0 fully saturated rings. The Morgan fingerprint density at radius 2 is 2.08 bits per heavy atom. The minimum absolute atomic E-state index is 0.0586. The minimum atomic E-state index is -0.679. The number of carbonyl (C=O) groups excluding carboxylic acids is 1. The van der Waals surface area contributed by atoms with E-state index in [4.69, 9.17) is 4.74 Å². The lowest BCUT2D eigenvalue weighted by Gasteiger charge is -2.20. The Bertz CT molecular complexity index is 805. The first-order valence-electron chi connectivity index (χ1n) is 7.40. The van der Waals surface area contributed by atoms with Crippen LogP contribution in [0, 0.1) is 10.1 Å². The van der Waals surface area contributed by atoms with Crippen LogP contribution in [0.4, 0.5) is 11.4 Å². The van der Waals surface area contributed by atoms with Gasteiger partial charge in [-0.15, -0.1) is 0 Å². The van der Waals surface area contributed by atoms with Gasteiger partial charge in [0.15, 0.2) is 0 Å². The third kappa shape index (κ3) is 2.81. The summed E-state index contributed by atoms with van der Waals surface area (Å²) < 4.78 is 4.71. The number of aliphatic hydroxyl groups is 1. The number of hydrogen-bond acceptors (Lipinski definition) is 6. The number of ether oxygens (including phenoxy) is 1. The number of fused-ring (bicyclic) bond motifs is 1. The van der Waals surface area contributed by atoms with Crippen LogP contribution in [-0.4, -0.2) is 29.2 Å². The van der Waals surface area contributed by atoms with Crippen LogP contribution in [0.3, 0.4) is 0 Å². The second-order valence-electron chi connectivity index (χ2n) is 5.57. The van der Waals surface area contributed by atoms with Crippen molar-refractivity contribution in [3.8, 4) is 0 Å². The van der Waals surface area contributed by atoms with Gasteiger partial charge < -0.3 is 15.2 Å². The Labute approximate surface area is 138 Å². The molecule has 2 aromatic rings. The quantitative estimate of drug-likeness (QED) is 0.508. The molecule has 124 valence electrons. The first-order valence-corrected chi connectivity index (χ1v) is 7.40. The van der Waals surface area contributed by atoms with E-state index >= 15 is 0 Å². The first kappa shape index (κ1) is 15.9. The Balaban J connectivity index is 1.98. The summed E-state index contributed by atoms with van der Waals surface area (Å²) in [6.45, 7) is 0. The van der Waals surface area contributed by atoms with Crippen molar-refractivity contribution in [3.05, 3.63) is 69.3 Å². The molecule has 2 N–H and O–H groups in total. The number of esters is 1. The highest BCUT2D eigenvalue weighted by Crippen LogP contribution is 2.35. The molecule has 0 spiro atoms. The van der Waals surface area contributed by atoms with Crippen molar-refractivity contribution in [2.75, 3.05) is 12.4 Å². The van der Waals surface area contributed by atoms with E-state index in [2.05, 4.69) is 5.32 Å². The maximum atomic E-state index is 12.0. The molecule has 1 aliphatic rings. The molecule has 0 unspecified atom stereocenters. The SMILES string of the molecule is COC(=O)c1cc([N+](=O)[O-])ccc1N[C@@H]1c2ccccc2C[C@@H]1O. The van der Waals surface area contributed by atoms with Crippen LogP contribution in [0.15, 0.2) is 42.5 Å². The molecule has 0 bridgehead atoms. The van der Waals surface area contributed by atoms with Gasteiger partial charge in [0.1, 0.15) is 0 Å². The van der Waals surface area contributed by atoms with Crippen molar-refractivity contribution in [3.63, 3.8) is 0 Å². The predicted octanol–water partition coefficient (Wildman–Crippen LogP) is 2.45. The maximum Gasteiger partial charge on any atom is 0.340 e. The fourth-order valence-corrected chi connectivity index (χ4v) is 2.97. The van der Waals surface area contributed by atoms with Gasteiger partial charge in [-0.2, -0.15) is 0 Å². The number of nitrogens with one attached hydrogen (secondary N) is 1. The smallest absolute Gasteiger partial charge is 0.340 e. The molecule has 0 heterocycles. The normalized spacial score (nSPS) is 18.8. The van der Waals surface area contributed by atoms with Gasteiger partial charge in [0.25, 0.3) is 5.69 Å². The number of non-ortho nitro benzene ring substituents is 1. The van der Waals surface area contributed by atoms with E-state index in [1.165, 1.54) is 25.3 Å². The van der Waals surface area contributed by atoms with E-state index in [0.717, 1.165) is 11.1 Å². The number of nitro groups is 1. The Morgan fingerprint density at radius 3 is 2.79 bits per heavy atom. The zero-order chi connectivity index (χ0) is 17.3. The van der Waals surface area contributed by atoms with Crippen LogP contribution >= 0.6 is 0 Å². The van der Waals surface area contributed by atoms with Crippen LogP contribution < -0.4 is 5.32 Å². The summed E-state index contributed by atoms with van der Waals surface area (Å²) in [7, 11) is 1.21. The summed E-state index contributed by atoms with van der Waals surface area (Å²) in [5.74, 6) is -0.679. The maximum absolute atomic E-state index is 12.0. The number of hydrogen-bond donors (Lipinski definition) is 2. The average Bonchev–Trinajstić information content (AvgIpc) is 2.90. The number of nitro benzene ring substituents is 1. The van der Waals surface area contributed by atoms with E-state index in [1.807, 2.05) is 24.3 Å². The zero-order valence-electron chi connectivity index (χ0n) is 12.9. The number of carbonyl (C=O) groups is 1. The largest absolute Gasteiger partial charge is 0.465 e. The number of aliphatic hydroxyl groups excluding tert-OH is 1. The highest BCUT2D eigenvalue weighted by Gasteiger charge is 2.31. The molecular weight excluding hydrogens is 312 g/mol. The highest BCUT2D eigenvalue weighted by molar-refractivity contribution is 5.96. The van der Waals surface area contributed by atoms with Crippen molar-refractivity contribution >= 4 is 17.3 Å². The monoisotopic (exact) mass is 328 g/mol. The lowest BCUT2D eigenvalue weighted by Crippen LogP contribution is -2.22. The summed E-state index contributed by atoms with van der Waals surface area (Å²) in [5.41, 5.74) is 2.22. The molecule has 7 heteroatoms. The van der Waals surface area contributed by atoms with Crippen LogP contribution in [-0.2, 0) is 11.2 Å². The molecule has 7 nitrogen and oxygen atoms in total. The third-order valence-corrected chi connectivity index (χ3v) is 4.13. The van der Waals surface area contributed by atoms with Gasteiger partial charge >= 0.3 is 5.97 Å². The second kappa shape index (κ2) is 6.29. The molecule has 1 aliphatic carbocycles. The van der Waals surface area contributed by atoms with Gasteiger partial charge in [0, 0.05) is 24.2 Å². The number of rotatable bonds is 4. The lowest BCUT2D eigenvalue weighted by molar-refractivity contribution is -0.384. The molecule has 0 saturated carbocycles. The number of methoxy groups -OCH3 is 1. The molecule has 0 saturated heterocycles. The molecule has 24 heavy (non-hydrogen) atoms. The summed E-state index contributed by atoms with van der Waals surface area (Å²) in [6, 6.07) is 11.2. The predicted molar refractivity (Wildman–Crippen MR) is 87.0 cm³/mol. The molecular formula is C17H16N2O5. The van der Waals surface area contributed by atoms with Gasteiger partial charge in [-0.3, -0.25) is 10.1 Å². The van der Waals surface area contributed by atoms with Crippen LogP contribution in [0.25, 0.3) is 0 Å². The van der Waals surface area contributed by atoms with Crippen molar-refractivity contribution in [2.45, 2.75) is 18.6 Å². The average molecular weight is 328 g/mol. The number of anilines is 1. The number of benzene rings is 2. The second-order valence-corrected chi connectivity index (χ2v) is 5.57. The topological polar surface area (TPSA) is 102 Å².